The van der Waals surface area contributed by atoms with Gasteiger partial charge >= 0.3 is 0 Å². The average Bonchev–Trinajstić information content (AvgIpc) is 3.17. The summed E-state index contributed by atoms with van der Waals surface area (Å²) >= 11 is 0. The first-order valence-electron chi connectivity index (χ1n) is 11.8. The van der Waals surface area contributed by atoms with Gasteiger partial charge in [0.25, 0.3) is 0 Å². The van der Waals surface area contributed by atoms with Gasteiger partial charge in [0.05, 0.1) is 13.2 Å². The van der Waals surface area contributed by atoms with Crippen LogP contribution in [0.25, 0.3) is 0 Å². The van der Waals surface area contributed by atoms with E-state index in [4.69, 9.17) is 9.47 Å². The topological polar surface area (TPSA) is 18.5 Å². The molecule has 0 N–H and O–H groups in total. The lowest BCUT2D eigenvalue weighted by Crippen LogP contribution is -2.37. The summed E-state index contributed by atoms with van der Waals surface area (Å²) < 4.78 is 40.4. The zero-order chi connectivity index (χ0) is 20.3. The lowest BCUT2D eigenvalue weighted by atomic mass is 9.69. The van der Waals surface area contributed by atoms with Crippen LogP contribution in [-0.2, 0) is 22.3 Å². The van der Waals surface area contributed by atoms with Gasteiger partial charge in [-0.05, 0) is 80.4 Å². The Morgan fingerprint density at radius 2 is 1.45 bits per heavy atom. The highest BCUT2D eigenvalue weighted by Gasteiger charge is 2.42. The van der Waals surface area contributed by atoms with Crippen molar-refractivity contribution in [2.45, 2.75) is 89.8 Å². The molecule has 1 aliphatic heterocycles. The van der Waals surface area contributed by atoms with Gasteiger partial charge in [0.2, 0.25) is 0 Å². The summed E-state index contributed by atoms with van der Waals surface area (Å²) in [5.74, 6) is 1.26. The Kier molecular flexibility index (Phi) is 6.91. The van der Waals surface area contributed by atoms with E-state index in [-0.39, 0.29) is 17.4 Å². The van der Waals surface area contributed by atoms with Crippen LogP contribution in [-0.4, -0.2) is 19.0 Å². The number of rotatable bonds is 6. The molecule has 0 amide bonds. The number of hydrogen-bond acceptors (Lipinski definition) is 2. The van der Waals surface area contributed by atoms with Crippen LogP contribution in [0.2, 0.25) is 0 Å². The van der Waals surface area contributed by atoms with Gasteiger partial charge in [-0.2, -0.15) is 0 Å². The highest BCUT2D eigenvalue weighted by molar-refractivity contribution is 5.26. The molecular weight excluding hydrogens is 370 g/mol. The zero-order valence-electron chi connectivity index (χ0n) is 17.9. The molecule has 1 spiro atoms. The van der Waals surface area contributed by atoms with Crippen LogP contribution >= 0.6 is 0 Å². The van der Waals surface area contributed by atoms with Gasteiger partial charge in [-0.1, -0.05) is 26.2 Å². The third-order valence-corrected chi connectivity index (χ3v) is 7.71. The lowest BCUT2D eigenvalue weighted by molar-refractivity contribution is -0.185. The van der Waals surface area contributed by atoms with Crippen LogP contribution in [0.1, 0.15) is 82.3 Å². The predicted octanol–water partition coefficient (Wildman–Crippen LogP) is 6.59. The molecule has 4 rings (SSSR count). The lowest BCUT2D eigenvalue weighted by Gasteiger charge is -2.40. The van der Waals surface area contributed by atoms with Gasteiger partial charge in [0.1, 0.15) is 11.6 Å². The maximum Gasteiger partial charge on any atom is 0.168 e. The van der Waals surface area contributed by atoms with Gasteiger partial charge in [-0.25, -0.2) is 8.78 Å². The number of aryl methyl sites for hydroxylation is 1. The molecule has 3 aliphatic rings. The summed E-state index contributed by atoms with van der Waals surface area (Å²) in [4.78, 5) is 0. The molecule has 0 radical (unpaired) electrons. The normalized spacial score (nSPS) is 27.6. The molecule has 0 atom stereocenters. The molecule has 0 bridgehead atoms. The standard InChI is InChI=1S/C25H36F2O2/c1-2-3-19-16-23(26)22(24(27)17-19)9-6-18-4-7-20(8-5-18)21-10-12-25(13-11-21)28-14-15-29-25/h16-18,20-21H,2-15H2,1H3. The number of halogens is 2. The average molecular weight is 407 g/mol. The Balaban J connectivity index is 1.22. The maximum atomic E-state index is 14.4. The first-order chi connectivity index (χ1) is 14.1. The Morgan fingerprint density at radius 3 is 2.03 bits per heavy atom. The minimum absolute atomic E-state index is 0.255. The van der Waals surface area contributed by atoms with Crippen molar-refractivity contribution in [3.63, 3.8) is 0 Å². The van der Waals surface area contributed by atoms with E-state index in [1.165, 1.54) is 50.7 Å². The Hall–Kier alpha value is -1.00. The monoisotopic (exact) mass is 406 g/mol. The predicted molar refractivity (Wildman–Crippen MR) is 111 cm³/mol. The van der Waals surface area contributed by atoms with Crippen LogP contribution in [0.4, 0.5) is 8.78 Å². The second-order valence-corrected chi connectivity index (χ2v) is 9.55. The molecule has 0 aromatic heterocycles. The van der Waals surface area contributed by atoms with E-state index in [0.717, 1.165) is 62.7 Å². The number of hydrogen-bond donors (Lipinski definition) is 0. The molecule has 162 valence electrons. The molecule has 2 saturated carbocycles. The largest absolute Gasteiger partial charge is 0.348 e. The van der Waals surface area contributed by atoms with Crippen LogP contribution in [0.15, 0.2) is 12.1 Å². The summed E-state index contributed by atoms with van der Waals surface area (Å²) in [6.45, 7) is 3.53. The highest BCUT2D eigenvalue weighted by atomic mass is 19.1. The van der Waals surface area contributed by atoms with Crippen molar-refractivity contribution < 1.29 is 18.3 Å². The smallest absolute Gasteiger partial charge is 0.168 e. The van der Waals surface area contributed by atoms with E-state index in [9.17, 15) is 8.78 Å². The first kappa shape index (κ1) is 21.2. The van der Waals surface area contributed by atoms with Gasteiger partial charge in [0, 0.05) is 18.4 Å². The minimum Gasteiger partial charge on any atom is -0.348 e. The molecular formula is C25H36F2O2. The summed E-state index contributed by atoms with van der Waals surface area (Å²) in [5, 5.41) is 0. The zero-order valence-corrected chi connectivity index (χ0v) is 17.9. The van der Waals surface area contributed by atoms with E-state index < -0.39 is 0 Å². The van der Waals surface area contributed by atoms with Gasteiger partial charge < -0.3 is 9.47 Å². The third-order valence-electron chi connectivity index (χ3n) is 7.71. The molecule has 1 heterocycles. The van der Waals surface area contributed by atoms with Crippen molar-refractivity contribution in [1.29, 1.82) is 0 Å². The fourth-order valence-corrected chi connectivity index (χ4v) is 5.96. The fraction of sp³-hybridized carbons (Fsp3) is 0.760. The van der Waals surface area contributed by atoms with Crippen molar-refractivity contribution in [1.82, 2.24) is 0 Å². The van der Waals surface area contributed by atoms with Gasteiger partial charge in [-0.3, -0.25) is 0 Å². The van der Waals surface area contributed by atoms with Gasteiger partial charge in [-0.15, -0.1) is 0 Å². The van der Waals surface area contributed by atoms with E-state index in [1.54, 1.807) is 0 Å². The molecule has 3 fully saturated rings. The molecule has 1 aromatic rings. The summed E-state index contributed by atoms with van der Waals surface area (Å²) in [5.41, 5.74) is 1.07. The minimum atomic E-state index is -0.352. The van der Waals surface area contributed by atoms with Crippen LogP contribution in [0.3, 0.4) is 0 Å². The van der Waals surface area contributed by atoms with Crippen LogP contribution in [0, 0.1) is 29.4 Å². The third kappa shape index (κ3) is 5.02. The molecule has 1 aromatic carbocycles. The first-order valence-corrected chi connectivity index (χ1v) is 11.8. The SMILES string of the molecule is CCCc1cc(F)c(CCC2CCC(C3CCC4(CC3)OCCO4)CC2)c(F)c1. The Labute approximate surface area is 174 Å². The molecule has 29 heavy (non-hydrogen) atoms. The van der Waals surface area contributed by atoms with Crippen molar-refractivity contribution >= 4 is 0 Å². The van der Waals surface area contributed by atoms with Crippen molar-refractivity contribution in [3.05, 3.63) is 34.9 Å². The molecule has 1 saturated heterocycles. The van der Waals surface area contributed by atoms with E-state index in [1.807, 2.05) is 6.92 Å². The van der Waals surface area contributed by atoms with E-state index in [0.29, 0.717) is 17.9 Å². The number of benzene rings is 1. The molecule has 0 unspecified atom stereocenters. The number of ether oxygens (including phenoxy) is 2. The van der Waals surface area contributed by atoms with Crippen LogP contribution < -0.4 is 0 Å². The summed E-state index contributed by atoms with van der Waals surface area (Å²) in [6.07, 6.45) is 12.5. The second kappa shape index (κ2) is 9.43. The summed E-state index contributed by atoms with van der Waals surface area (Å²) in [6, 6.07) is 3.07. The summed E-state index contributed by atoms with van der Waals surface area (Å²) in [7, 11) is 0. The Morgan fingerprint density at radius 1 is 0.862 bits per heavy atom. The van der Waals surface area contributed by atoms with Crippen molar-refractivity contribution in [2.75, 3.05) is 13.2 Å². The highest BCUT2D eigenvalue weighted by Crippen LogP contribution is 2.45. The molecule has 2 nitrogen and oxygen atoms in total. The maximum absolute atomic E-state index is 14.4. The van der Waals surface area contributed by atoms with E-state index in [2.05, 4.69) is 0 Å². The molecule has 4 heteroatoms. The van der Waals surface area contributed by atoms with Gasteiger partial charge in [0.15, 0.2) is 5.79 Å². The molecule has 2 aliphatic carbocycles. The van der Waals surface area contributed by atoms with Crippen LogP contribution in [0.5, 0.6) is 0 Å². The van der Waals surface area contributed by atoms with Crippen molar-refractivity contribution in [3.8, 4) is 0 Å². The second-order valence-electron chi connectivity index (χ2n) is 9.55. The quantitative estimate of drug-likeness (QED) is 0.530. The Bertz CT molecular complexity index is 642. The fourth-order valence-electron chi connectivity index (χ4n) is 5.96. The van der Waals surface area contributed by atoms with E-state index >= 15 is 0 Å². The van der Waals surface area contributed by atoms with Crippen molar-refractivity contribution in [2.24, 2.45) is 17.8 Å².